The summed E-state index contributed by atoms with van der Waals surface area (Å²) >= 11 is 1.36. The fourth-order valence-electron chi connectivity index (χ4n) is 1.07. The second kappa shape index (κ2) is 3.96. The maximum absolute atomic E-state index is 11.2. The average molecular weight is 221 g/mol. The van der Waals surface area contributed by atoms with Crippen LogP contribution in [0.4, 0.5) is 5.13 Å². The Kier molecular flexibility index (Phi) is 2.66. The van der Waals surface area contributed by atoms with Crippen LogP contribution in [0.1, 0.15) is 6.92 Å². The Bertz CT molecular complexity index is 460. The zero-order valence-electron chi connectivity index (χ0n) is 8.02. The molecule has 2 aromatic rings. The van der Waals surface area contributed by atoms with Crippen molar-refractivity contribution in [2.24, 2.45) is 0 Å². The lowest BCUT2D eigenvalue weighted by Crippen LogP contribution is -2.24. The highest BCUT2D eigenvalue weighted by Crippen LogP contribution is 2.24. The summed E-state index contributed by atoms with van der Waals surface area (Å²) in [5, 5.41) is 12.0. The second-order valence-corrected chi connectivity index (χ2v) is 4.10. The number of fused-ring (bicyclic) bond motifs is 1. The van der Waals surface area contributed by atoms with E-state index in [-0.39, 0.29) is 0 Å². The van der Waals surface area contributed by atoms with Crippen molar-refractivity contribution < 1.29 is 9.90 Å². The first-order valence-electron chi connectivity index (χ1n) is 4.43. The number of aliphatic hydroxyl groups is 1. The van der Waals surface area contributed by atoms with Crippen molar-refractivity contribution in [3.8, 4) is 0 Å². The van der Waals surface area contributed by atoms with Gasteiger partial charge < -0.3 is 5.11 Å². The van der Waals surface area contributed by atoms with Crippen molar-refractivity contribution in [2.45, 2.75) is 13.0 Å². The third kappa shape index (κ3) is 2.14. The molecule has 4 nitrogen and oxygen atoms in total. The Labute approximate surface area is 90.6 Å². The number of nitrogens with zero attached hydrogens (tertiary/aromatic N) is 1. The highest BCUT2D eigenvalue weighted by molar-refractivity contribution is 7.22. The molecular formula is C10H9N2O2S. The van der Waals surface area contributed by atoms with Crippen molar-refractivity contribution >= 4 is 32.6 Å². The van der Waals surface area contributed by atoms with E-state index in [2.05, 4.69) is 16.4 Å². The van der Waals surface area contributed by atoms with Gasteiger partial charge in [0.25, 0.3) is 5.91 Å². The minimum absolute atomic E-state index is 0.450. The number of amides is 1. The standard InChI is InChI=1S/C10H9N2O2S/c1-6(13)9(14)12-10-11-7-4-2-3-5-8(7)15-10/h2-3,5-6,13H,1H3,(H,11,12,14). The van der Waals surface area contributed by atoms with E-state index in [1.165, 1.54) is 18.3 Å². The number of nitrogens with one attached hydrogen (secondary N) is 1. The van der Waals surface area contributed by atoms with Crippen LogP contribution in [0.2, 0.25) is 0 Å². The van der Waals surface area contributed by atoms with Crippen LogP contribution >= 0.6 is 11.3 Å². The lowest BCUT2D eigenvalue weighted by atomic mass is 10.3. The number of hydrogen-bond acceptors (Lipinski definition) is 4. The van der Waals surface area contributed by atoms with E-state index in [9.17, 15) is 4.79 Å². The van der Waals surface area contributed by atoms with Crippen molar-refractivity contribution in [1.82, 2.24) is 4.98 Å². The van der Waals surface area contributed by atoms with Gasteiger partial charge >= 0.3 is 0 Å². The molecule has 1 unspecified atom stereocenters. The van der Waals surface area contributed by atoms with Gasteiger partial charge in [-0.15, -0.1) is 0 Å². The molecule has 0 fully saturated rings. The maximum atomic E-state index is 11.2. The molecule has 5 heteroatoms. The number of anilines is 1. The molecule has 1 aromatic heterocycles. The third-order valence-corrected chi connectivity index (χ3v) is 2.76. The Morgan fingerprint density at radius 1 is 1.73 bits per heavy atom. The second-order valence-electron chi connectivity index (χ2n) is 3.07. The molecule has 0 aliphatic rings. The zero-order chi connectivity index (χ0) is 10.8. The summed E-state index contributed by atoms with van der Waals surface area (Å²) in [6.45, 7) is 1.41. The van der Waals surface area contributed by atoms with E-state index in [1.54, 1.807) is 6.07 Å². The molecule has 0 aliphatic heterocycles. The summed E-state index contributed by atoms with van der Waals surface area (Å²) in [5.74, 6) is -0.450. The van der Waals surface area contributed by atoms with Crippen molar-refractivity contribution in [2.75, 3.05) is 5.32 Å². The van der Waals surface area contributed by atoms with Crippen molar-refractivity contribution in [1.29, 1.82) is 0 Å². The number of aliphatic hydroxyl groups excluding tert-OH is 1. The van der Waals surface area contributed by atoms with Gasteiger partial charge in [0.2, 0.25) is 0 Å². The summed E-state index contributed by atoms with van der Waals surface area (Å²) in [6.07, 6.45) is -1.03. The predicted molar refractivity (Wildman–Crippen MR) is 58.8 cm³/mol. The Morgan fingerprint density at radius 3 is 3.20 bits per heavy atom. The molecule has 0 saturated heterocycles. The van der Waals surface area contributed by atoms with Gasteiger partial charge in [0.15, 0.2) is 5.13 Å². The zero-order valence-corrected chi connectivity index (χ0v) is 8.84. The quantitative estimate of drug-likeness (QED) is 0.806. The number of para-hydroxylation sites is 1. The van der Waals surface area contributed by atoms with Gasteiger partial charge in [-0.2, -0.15) is 0 Å². The van der Waals surface area contributed by atoms with E-state index >= 15 is 0 Å². The fourth-order valence-corrected chi connectivity index (χ4v) is 1.92. The van der Waals surface area contributed by atoms with Gasteiger partial charge in [0.05, 0.1) is 10.2 Å². The van der Waals surface area contributed by atoms with E-state index in [0.717, 1.165) is 10.2 Å². The van der Waals surface area contributed by atoms with Crippen LogP contribution in [0.3, 0.4) is 0 Å². The first-order valence-corrected chi connectivity index (χ1v) is 5.24. The number of carbonyl (C=O) groups excluding carboxylic acids is 1. The Hall–Kier alpha value is -1.46. The molecular weight excluding hydrogens is 212 g/mol. The van der Waals surface area contributed by atoms with Crippen LogP contribution in [0.5, 0.6) is 0 Å². The molecule has 1 atom stereocenters. The van der Waals surface area contributed by atoms with Crippen LogP contribution in [0, 0.1) is 6.07 Å². The fraction of sp³-hybridized carbons (Fsp3) is 0.200. The van der Waals surface area contributed by atoms with Crippen LogP contribution in [-0.4, -0.2) is 22.1 Å². The number of hydrogen-bond donors (Lipinski definition) is 2. The summed E-state index contributed by atoms with van der Waals surface area (Å²) in [6, 6.07) is 8.49. The first kappa shape index (κ1) is 10.1. The summed E-state index contributed by atoms with van der Waals surface area (Å²) in [5.41, 5.74) is 0.725. The van der Waals surface area contributed by atoms with Gasteiger partial charge in [-0.3, -0.25) is 10.1 Å². The SMILES string of the molecule is CC(O)C(=O)Nc1nc2[c]cccc2s1. The van der Waals surface area contributed by atoms with Crippen molar-refractivity contribution in [3.63, 3.8) is 0 Å². The molecule has 77 valence electrons. The molecule has 0 bridgehead atoms. The lowest BCUT2D eigenvalue weighted by molar-refractivity contribution is -0.123. The maximum Gasteiger partial charge on any atom is 0.254 e. The third-order valence-electron chi connectivity index (χ3n) is 1.83. The predicted octanol–water partition coefficient (Wildman–Crippen LogP) is 1.42. The van der Waals surface area contributed by atoms with Crippen LogP contribution in [-0.2, 0) is 4.79 Å². The molecule has 1 aromatic carbocycles. The van der Waals surface area contributed by atoms with E-state index in [4.69, 9.17) is 5.11 Å². The van der Waals surface area contributed by atoms with Gasteiger partial charge in [0, 0.05) is 6.07 Å². The molecule has 15 heavy (non-hydrogen) atoms. The molecule has 2 N–H and O–H groups in total. The molecule has 2 rings (SSSR count). The first-order chi connectivity index (χ1) is 7.16. The van der Waals surface area contributed by atoms with Crippen LogP contribution < -0.4 is 5.32 Å². The molecule has 1 heterocycles. The number of rotatable bonds is 2. The smallest absolute Gasteiger partial charge is 0.254 e. The molecule has 0 aliphatic carbocycles. The molecule has 1 radical (unpaired) electrons. The molecule has 0 spiro atoms. The van der Waals surface area contributed by atoms with Gasteiger partial charge in [0.1, 0.15) is 6.10 Å². The number of thiazole rings is 1. The minimum Gasteiger partial charge on any atom is -0.384 e. The normalized spacial score (nSPS) is 12.7. The van der Waals surface area contributed by atoms with Gasteiger partial charge in [-0.05, 0) is 13.0 Å². The minimum atomic E-state index is -1.03. The molecule has 1 amide bonds. The highest BCUT2D eigenvalue weighted by atomic mass is 32.1. The largest absolute Gasteiger partial charge is 0.384 e. The van der Waals surface area contributed by atoms with Crippen molar-refractivity contribution in [3.05, 3.63) is 24.3 Å². The molecule has 0 saturated carbocycles. The van der Waals surface area contributed by atoms with E-state index in [1.807, 2.05) is 12.1 Å². The van der Waals surface area contributed by atoms with Crippen LogP contribution in [0.25, 0.3) is 10.2 Å². The van der Waals surface area contributed by atoms with E-state index < -0.39 is 12.0 Å². The topological polar surface area (TPSA) is 62.2 Å². The van der Waals surface area contributed by atoms with Crippen LogP contribution in [0.15, 0.2) is 18.2 Å². The summed E-state index contributed by atoms with van der Waals surface area (Å²) in [7, 11) is 0. The Balaban J connectivity index is 2.26. The number of aromatic nitrogens is 1. The van der Waals surface area contributed by atoms with E-state index in [0.29, 0.717) is 5.13 Å². The summed E-state index contributed by atoms with van der Waals surface area (Å²) in [4.78, 5) is 15.3. The van der Waals surface area contributed by atoms with Gasteiger partial charge in [-0.1, -0.05) is 23.5 Å². The monoisotopic (exact) mass is 221 g/mol. The highest BCUT2D eigenvalue weighted by Gasteiger charge is 2.11. The Morgan fingerprint density at radius 2 is 2.53 bits per heavy atom. The summed E-state index contributed by atoms with van der Waals surface area (Å²) < 4.78 is 0.957. The lowest BCUT2D eigenvalue weighted by Gasteiger charge is -2.02. The average Bonchev–Trinajstić information content (AvgIpc) is 2.59. The number of benzene rings is 1. The van der Waals surface area contributed by atoms with Gasteiger partial charge in [-0.25, -0.2) is 4.98 Å². The number of carbonyl (C=O) groups is 1.